The molecule has 0 unspecified atom stereocenters. The van der Waals surface area contributed by atoms with E-state index in [0.717, 1.165) is 38.8 Å². The number of hydrogen-bond donors (Lipinski definition) is 0. The van der Waals surface area contributed by atoms with E-state index in [2.05, 4.69) is 54.0 Å². The van der Waals surface area contributed by atoms with E-state index in [1.807, 2.05) is 0 Å². The maximum Gasteiger partial charge on any atom is 0.225 e. The lowest BCUT2D eigenvalue weighted by atomic mass is 9.79. The second-order valence-corrected chi connectivity index (χ2v) is 7.43. The van der Waals surface area contributed by atoms with Gasteiger partial charge in [-0.2, -0.15) is 0 Å². The summed E-state index contributed by atoms with van der Waals surface area (Å²) in [5, 5.41) is 0. The molecule has 3 nitrogen and oxygen atoms in total. The van der Waals surface area contributed by atoms with Crippen LogP contribution in [0.4, 0.5) is 0 Å². The average Bonchev–Trinajstić information content (AvgIpc) is 3.19. The summed E-state index contributed by atoms with van der Waals surface area (Å²) in [6.45, 7) is 8.48. The molecule has 0 spiro atoms. The average molecular weight is 329 g/mol. The van der Waals surface area contributed by atoms with Gasteiger partial charge in [0.2, 0.25) is 5.91 Å². The van der Waals surface area contributed by atoms with Crippen LogP contribution >= 0.6 is 0 Å². The summed E-state index contributed by atoms with van der Waals surface area (Å²) in [5.41, 5.74) is 1.59. The van der Waals surface area contributed by atoms with Crippen molar-refractivity contribution < 1.29 is 4.79 Å². The van der Waals surface area contributed by atoms with E-state index < -0.39 is 0 Å². The zero-order chi connectivity index (χ0) is 17.0. The van der Waals surface area contributed by atoms with Crippen LogP contribution in [0.2, 0.25) is 0 Å². The standard InChI is InChI=1S/C21H32N2O/c1-3-18(4-2)20(24)22-16-12-21(13-17-22,23-14-8-9-15-23)19-10-6-5-7-11-19/h5-7,10-11,18H,3-4,8-9,12-17H2,1-2H3. The van der Waals surface area contributed by atoms with E-state index in [0.29, 0.717) is 5.91 Å². The van der Waals surface area contributed by atoms with E-state index in [1.54, 1.807) is 0 Å². The Morgan fingerprint density at radius 3 is 2.12 bits per heavy atom. The Labute approximate surface area is 147 Å². The molecule has 0 radical (unpaired) electrons. The van der Waals surface area contributed by atoms with Gasteiger partial charge in [0.1, 0.15) is 0 Å². The molecule has 0 aromatic heterocycles. The number of likely N-dealkylation sites (tertiary alicyclic amines) is 2. The molecule has 2 saturated heterocycles. The van der Waals surface area contributed by atoms with Gasteiger partial charge in [0.25, 0.3) is 0 Å². The van der Waals surface area contributed by atoms with Gasteiger partial charge in [0.15, 0.2) is 0 Å². The summed E-state index contributed by atoms with van der Waals surface area (Å²) in [7, 11) is 0. The molecular formula is C21H32N2O. The maximum atomic E-state index is 12.7. The molecule has 2 aliphatic heterocycles. The fourth-order valence-electron chi connectivity index (χ4n) is 4.67. The van der Waals surface area contributed by atoms with Crippen LogP contribution in [0.5, 0.6) is 0 Å². The molecule has 0 bridgehead atoms. The van der Waals surface area contributed by atoms with Gasteiger partial charge in [0.05, 0.1) is 0 Å². The third kappa shape index (κ3) is 3.23. The minimum atomic E-state index is 0.141. The van der Waals surface area contributed by atoms with Crippen LogP contribution in [-0.2, 0) is 10.3 Å². The lowest BCUT2D eigenvalue weighted by Gasteiger charge is -2.48. The molecule has 1 aromatic carbocycles. The van der Waals surface area contributed by atoms with Crippen molar-refractivity contribution in [2.75, 3.05) is 26.2 Å². The predicted molar refractivity (Wildman–Crippen MR) is 98.8 cm³/mol. The Morgan fingerprint density at radius 2 is 1.58 bits per heavy atom. The summed E-state index contributed by atoms with van der Waals surface area (Å²) in [4.78, 5) is 17.6. The minimum Gasteiger partial charge on any atom is -0.342 e. The van der Waals surface area contributed by atoms with Gasteiger partial charge in [-0.25, -0.2) is 0 Å². The van der Waals surface area contributed by atoms with E-state index >= 15 is 0 Å². The minimum absolute atomic E-state index is 0.141. The van der Waals surface area contributed by atoms with Gasteiger partial charge in [-0.05, 0) is 57.2 Å². The molecule has 3 heteroatoms. The molecule has 1 amide bonds. The molecule has 3 rings (SSSR count). The Kier molecular flexibility index (Phi) is 5.60. The molecule has 24 heavy (non-hydrogen) atoms. The van der Waals surface area contributed by atoms with Crippen molar-refractivity contribution in [1.82, 2.24) is 9.80 Å². The fraction of sp³-hybridized carbons (Fsp3) is 0.667. The van der Waals surface area contributed by atoms with Crippen molar-refractivity contribution in [3.63, 3.8) is 0 Å². The highest BCUT2D eigenvalue weighted by Gasteiger charge is 2.43. The lowest BCUT2D eigenvalue weighted by molar-refractivity contribution is -0.138. The van der Waals surface area contributed by atoms with Gasteiger partial charge in [-0.15, -0.1) is 0 Å². The van der Waals surface area contributed by atoms with Crippen LogP contribution in [0.3, 0.4) is 0 Å². The normalized spacial score (nSPS) is 21.4. The fourth-order valence-corrected chi connectivity index (χ4v) is 4.67. The topological polar surface area (TPSA) is 23.6 Å². The second kappa shape index (κ2) is 7.69. The summed E-state index contributed by atoms with van der Waals surface area (Å²) >= 11 is 0. The van der Waals surface area contributed by atoms with Gasteiger partial charge < -0.3 is 4.90 Å². The number of rotatable bonds is 5. The van der Waals surface area contributed by atoms with Gasteiger partial charge in [-0.3, -0.25) is 9.69 Å². The predicted octanol–water partition coefficient (Wildman–Crippen LogP) is 4.04. The maximum absolute atomic E-state index is 12.7. The lowest BCUT2D eigenvalue weighted by Crippen LogP contribution is -2.54. The number of hydrogen-bond acceptors (Lipinski definition) is 2. The molecular weight excluding hydrogens is 296 g/mol. The van der Waals surface area contributed by atoms with Crippen molar-refractivity contribution >= 4 is 5.91 Å². The Balaban J connectivity index is 1.77. The highest BCUT2D eigenvalue weighted by atomic mass is 16.2. The molecule has 0 saturated carbocycles. The number of amides is 1. The van der Waals surface area contributed by atoms with Gasteiger partial charge in [-0.1, -0.05) is 44.2 Å². The van der Waals surface area contributed by atoms with Crippen LogP contribution in [0.1, 0.15) is 57.9 Å². The SMILES string of the molecule is CCC(CC)C(=O)N1CCC(c2ccccc2)(N2CCCC2)CC1. The van der Waals surface area contributed by atoms with Crippen LogP contribution < -0.4 is 0 Å². The van der Waals surface area contributed by atoms with Crippen LogP contribution in [-0.4, -0.2) is 41.9 Å². The molecule has 2 fully saturated rings. The number of carbonyl (C=O) groups is 1. The van der Waals surface area contributed by atoms with E-state index in [9.17, 15) is 4.79 Å². The third-order valence-corrected chi connectivity index (χ3v) is 6.26. The molecule has 0 aliphatic carbocycles. The second-order valence-electron chi connectivity index (χ2n) is 7.43. The number of benzene rings is 1. The van der Waals surface area contributed by atoms with Gasteiger partial charge >= 0.3 is 0 Å². The first kappa shape index (κ1) is 17.5. The number of nitrogens with zero attached hydrogens (tertiary/aromatic N) is 2. The van der Waals surface area contributed by atoms with Crippen LogP contribution in [0.25, 0.3) is 0 Å². The smallest absolute Gasteiger partial charge is 0.225 e. The van der Waals surface area contributed by atoms with Gasteiger partial charge in [0, 0.05) is 24.5 Å². The summed E-state index contributed by atoms with van der Waals surface area (Å²) < 4.78 is 0. The number of carbonyl (C=O) groups excluding carboxylic acids is 1. The first-order valence-electron chi connectivity index (χ1n) is 9.80. The molecule has 132 valence electrons. The van der Waals surface area contributed by atoms with E-state index in [4.69, 9.17) is 0 Å². The van der Waals surface area contributed by atoms with E-state index in [1.165, 1.54) is 31.5 Å². The highest BCUT2D eigenvalue weighted by molar-refractivity contribution is 5.78. The molecule has 2 heterocycles. The zero-order valence-electron chi connectivity index (χ0n) is 15.3. The van der Waals surface area contributed by atoms with Crippen molar-refractivity contribution in [3.05, 3.63) is 35.9 Å². The molecule has 1 aromatic rings. The molecule has 0 N–H and O–H groups in total. The Bertz CT molecular complexity index is 524. The summed E-state index contributed by atoms with van der Waals surface area (Å²) in [6.07, 6.45) is 6.69. The van der Waals surface area contributed by atoms with Crippen LogP contribution in [0.15, 0.2) is 30.3 Å². The first-order chi connectivity index (χ1) is 11.7. The third-order valence-electron chi connectivity index (χ3n) is 6.26. The van der Waals surface area contributed by atoms with Crippen molar-refractivity contribution in [3.8, 4) is 0 Å². The summed E-state index contributed by atoms with van der Waals surface area (Å²) in [5.74, 6) is 0.587. The largest absolute Gasteiger partial charge is 0.342 e. The first-order valence-corrected chi connectivity index (χ1v) is 9.80. The highest BCUT2D eigenvalue weighted by Crippen LogP contribution is 2.41. The monoisotopic (exact) mass is 328 g/mol. The van der Waals surface area contributed by atoms with Crippen molar-refractivity contribution in [2.24, 2.45) is 5.92 Å². The van der Waals surface area contributed by atoms with E-state index in [-0.39, 0.29) is 11.5 Å². The molecule has 2 aliphatic rings. The number of piperidine rings is 1. The quantitative estimate of drug-likeness (QED) is 0.814. The molecule has 0 atom stereocenters. The Hall–Kier alpha value is -1.35. The van der Waals surface area contributed by atoms with Crippen molar-refractivity contribution in [1.29, 1.82) is 0 Å². The summed E-state index contributed by atoms with van der Waals surface area (Å²) in [6, 6.07) is 11.0. The van der Waals surface area contributed by atoms with Crippen LogP contribution in [0, 0.1) is 5.92 Å². The Morgan fingerprint density at radius 1 is 1.00 bits per heavy atom. The zero-order valence-corrected chi connectivity index (χ0v) is 15.3. The van der Waals surface area contributed by atoms with Crippen molar-refractivity contribution in [2.45, 2.75) is 57.9 Å².